The van der Waals surface area contributed by atoms with Crippen molar-refractivity contribution < 1.29 is 0 Å². The minimum absolute atomic E-state index is 0.551. The topological polar surface area (TPSA) is 29.9 Å². The van der Waals surface area contributed by atoms with Crippen LogP contribution in [0.2, 0.25) is 0 Å². The van der Waals surface area contributed by atoms with Crippen LogP contribution in [0.15, 0.2) is 6.20 Å². The fraction of sp³-hybridized carbons (Fsp3) is 0.444. The second kappa shape index (κ2) is 3.93. The molecule has 0 bridgehead atoms. The van der Waals surface area contributed by atoms with E-state index >= 15 is 0 Å². The summed E-state index contributed by atoms with van der Waals surface area (Å²) >= 11 is 0. The lowest BCUT2D eigenvalue weighted by Gasteiger charge is -2.00. The Morgan fingerprint density at radius 2 is 2.50 bits per heavy atom. The molecule has 0 saturated heterocycles. The van der Waals surface area contributed by atoms with E-state index in [1.165, 1.54) is 5.56 Å². The molecule has 0 aliphatic rings. The van der Waals surface area contributed by atoms with Gasteiger partial charge in [-0.05, 0) is 14.0 Å². The van der Waals surface area contributed by atoms with Gasteiger partial charge in [0.05, 0.1) is 6.20 Å². The van der Waals surface area contributed by atoms with Gasteiger partial charge in [-0.15, -0.1) is 6.42 Å². The second-order valence-electron chi connectivity index (χ2n) is 2.65. The van der Waals surface area contributed by atoms with Crippen LogP contribution >= 0.6 is 0 Å². The SMILES string of the molecule is C#CCn1ncc(CNC)c1C. The van der Waals surface area contributed by atoms with Crippen molar-refractivity contribution in [1.82, 2.24) is 15.1 Å². The van der Waals surface area contributed by atoms with Crippen LogP contribution in [-0.4, -0.2) is 16.8 Å². The van der Waals surface area contributed by atoms with Gasteiger partial charge in [-0.3, -0.25) is 4.68 Å². The van der Waals surface area contributed by atoms with E-state index in [1.54, 1.807) is 0 Å². The van der Waals surface area contributed by atoms with Crippen molar-refractivity contribution in [1.29, 1.82) is 0 Å². The summed E-state index contributed by atoms with van der Waals surface area (Å²) in [7, 11) is 1.91. The summed E-state index contributed by atoms with van der Waals surface area (Å²) in [6.45, 7) is 3.42. The highest BCUT2D eigenvalue weighted by molar-refractivity contribution is 5.16. The van der Waals surface area contributed by atoms with E-state index in [4.69, 9.17) is 6.42 Å². The zero-order chi connectivity index (χ0) is 8.97. The molecule has 1 aromatic rings. The molecule has 3 heteroatoms. The van der Waals surface area contributed by atoms with Gasteiger partial charge in [0.25, 0.3) is 0 Å². The second-order valence-corrected chi connectivity index (χ2v) is 2.65. The fourth-order valence-corrected chi connectivity index (χ4v) is 1.10. The Balaban J connectivity index is 2.82. The highest BCUT2D eigenvalue weighted by Crippen LogP contribution is 2.05. The molecule has 0 atom stereocenters. The van der Waals surface area contributed by atoms with E-state index < -0.39 is 0 Å². The van der Waals surface area contributed by atoms with Gasteiger partial charge in [-0.1, -0.05) is 5.92 Å². The third-order valence-electron chi connectivity index (χ3n) is 1.81. The van der Waals surface area contributed by atoms with E-state index in [0.717, 1.165) is 12.2 Å². The largest absolute Gasteiger partial charge is 0.316 e. The predicted octanol–water partition coefficient (Wildman–Crippen LogP) is 0.544. The first-order valence-electron chi connectivity index (χ1n) is 3.89. The van der Waals surface area contributed by atoms with Crippen molar-refractivity contribution in [3.8, 4) is 12.3 Å². The fourth-order valence-electron chi connectivity index (χ4n) is 1.10. The van der Waals surface area contributed by atoms with Gasteiger partial charge in [-0.25, -0.2) is 0 Å². The molecule has 1 heterocycles. The van der Waals surface area contributed by atoms with Crippen LogP contribution in [0.25, 0.3) is 0 Å². The molecule has 12 heavy (non-hydrogen) atoms. The Kier molecular flexibility index (Phi) is 2.89. The highest BCUT2D eigenvalue weighted by atomic mass is 15.3. The quantitative estimate of drug-likeness (QED) is 0.659. The van der Waals surface area contributed by atoms with E-state index in [9.17, 15) is 0 Å². The lowest BCUT2D eigenvalue weighted by molar-refractivity contribution is 0.687. The van der Waals surface area contributed by atoms with Crippen molar-refractivity contribution in [2.75, 3.05) is 7.05 Å². The third kappa shape index (κ3) is 1.66. The van der Waals surface area contributed by atoms with Gasteiger partial charge >= 0.3 is 0 Å². The summed E-state index contributed by atoms with van der Waals surface area (Å²) in [6, 6.07) is 0. The van der Waals surface area contributed by atoms with Gasteiger partial charge < -0.3 is 5.32 Å². The van der Waals surface area contributed by atoms with Crippen molar-refractivity contribution in [3.05, 3.63) is 17.5 Å². The maximum absolute atomic E-state index is 5.19. The first-order chi connectivity index (χ1) is 5.79. The Hall–Kier alpha value is -1.27. The molecule has 0 fully saturated rings. The molecule has 0 unspecified atom stereocenters. The summed E-state index contributed by atoms with van der Waals surface area (Å²) in [5, 5.41) is 7.23. The van der Waals surface area contributed by atoms with Crippen molar-refractivity contribution >= 4 is 0 Å². The Morgan fingerprint density at radius 1 is 1.75 bits per heavy atom. The molecular formula is C9H13N3. The zero-order valence-electron chi connectivity index (χ0n) is 7.46. The highest BCUT2D eigenvalue weighted by Gasteiger charge is 2.02. The summed E-state index contributed by atoms with van der Waals surface area (Å²) in [4.78, 5) is 0. The third-order valence-corrected chi connectivity index (χ3v) is 1.81. The number of hydrogen-bond acceptors (Lipinski definition) is 2. The van der Waals surface area contributed by atoms with Gasteiger partial charge in [0.15, 0.2) is 0 Å². The van der Waals surface area contributed by atoms with E-state index in [-0.39, 0.29) is 0 Å². The summed E-state index contributed by atoms with van der Waals surface area (Å²) in [6.07, 6.45) is 7.04. The average Bonchev–Trinajstić information content (AvgIpc) is 2.38. The van der Waals surface area contributed by atoms with Crippen LogP contribution in [0.3, 0.4) is 0 Å². The number of terminal acetylenes is 1. The number of aromatic nitrogens is 2. The van der Waals surface area contributed by atoms with Gasteiger partial charge in [-0.2, -0.15) is 5.10 Å². The standard InChI is InChI=1S/C9H13N3/c1-4-5-12-8(2)9(6-10-3)7-11-12/h1,7,10H,5-6H2,2-3H3. The predicted molar refractivity (Wildman–Crippen MR) is 48.6 cm³/mol. The molecule has 0 aliphatic carbocycles. The van der Waals surface area contributed by atoms with Gasteiger partial charge in [0.1, 0.15) is 6.54 Å². The average molecular weight is 163 g/mol. The molecular weight excluding hydrogens is 150 g/mol. The first kappa shape index (κ1) is 8.82. The molecule has 0 amide bonds. The Bertz CT molecular complexity index is 293. The van der Waals surface area contributed by atoms with E-state index in [2.05, 4.69) is 16.3 Å². The molecule has 0 aromatic carbocycles. The summed E-state index contributed by atoms with van der Waals surface area (Å²) in [5.74, 6) is 2.56. The smallest absolute Gasteiger partial charge is 0.102 e. The molecule has 3 nitrogen and oxygen atoms in total. The molecule has 0 radical (unpaired) electrons. The van der Waals surface area contributed by atoms with Crippen LogP contribution < -0.4 is 5.32 Å². The van der Waals surface area contributed by atoms with E-state index in [1.807, 2.05) is 24.9 Å². The zero-order valence-corrected chi connectivity index (χ0v) is 7.46. The Labute approximate surface area is 72.8 Å². The van der Waals surface area contributed by atoms with Crippen LogP contribution in [0.4, 0.5) is 0 Å². The number of nitrogens with zero attached hydrogens (tertiary/aromatic N) is 2. The van der Waals surface area contributed by atoms with Crippen LogP contribution in [0, 0.1) is 19.3 Å². The first-order valence-corrected chi connectivity index (χ1v) is 3.89. The monoisotopic (exact) mass is 163 g/mol. The minimum Gasteiger partial charge on any atom is -0.316 e. The normalized spacial score (nSPS) is 9.75. The molecule has 0 aliphatic heterocycles. The molecule has 1 N–H and O–H groups in total. The number of rotatable bonds is 3. The van der Waals surface area contributed by atoms with E-state index in [0.29, 0.717) is 6.54 Å². The summed E-state index contributed by atoms with van der Waals surface area (Å²) < 4.78 is 1.83. The lowest BCUT2D eigenvalue weighted by Crippen LogP contribution is -2.07. The maximum atomic E-state index is 5.19. The van der Waals surface area contributed by atoms with Crippen LogP contribution in [-0.2, 0) is 13.1 Å². The number of nitrogens with one attached hydrogen (secondary N) is 1. The van der Waals surface area contributed by atoms with Crippen molar-refractivity contribution in [3.63, 3.8) is 0 Å². The van der Waals surface area contributed by atoms with Gasteiger partial charge in [0, 0.05) is 17.8 Å². The van der Waals surface area contributed by atoms with Crippen molar-refractivity contribution in [2.45, 2.75) is 20.0 Å². The van der Waals surface area contributed by atoms with Crippen molar-refractivity contribution in [2.24, 2.45) is 0 Å². The van der Waals surface area contributed by atoms with Crippen LogP contribution in [0.1, 0.15) is 11.3 Å². The van der Waals surface area contributed by atoms with Crippen LogP contribution in [0.5, 0.6) is 0 Å². The lowest BCUT2D eigenvalue weighted by atomic mass is 10.2. The minimum atomic E-state index is 0.551. The Morgan fingerprint density at radius 3 is 3.08 bits per heavy atom. The molecule has 64 valence electrons. The summed E-state index contributed by atoms with van der Waals surface area (Å²) in [5.41, 5.74) is 2.34. The molecule has 0 saturated carbocycles. The molecule has 1 rings (SSSR count). The maximum Gasteiger partial charge on any atom is 0.102 e. The van der Waals surface area contributed by atoms with Gasteiger partial charge in [0.2, 0.25) is 0 Å². The number of hydrogen-bond donors (Lipinski definition) is 1. The molecule has 1 aromatic heterocycles. The molecule has 0 spiro atoms.